The first-order valence-electron chi connectivity index (χ1n) is 15.8. The zero-order chi connectivity index (χ0) is 31.8. The third-order valence-electron chi connectivity index (χ3n) is 8.99. The Morgan fingerprint density at radius 2 is 1.17 bits per heavy atom. The first-order valence-corrected chi connectivity index (χ1v) is 15.8. The van der Waals surface area contributed by atoms with Crippen molar-refractivity contribution in [1.29, 1.82) is 0 Å². The lowest BCUT2D eigenvalue weighted by molar-refractivity contribution is 0.431. The highest BCUT2D eigenvalue weighted by Crippen LogP contribution is 2.55. The van der Waals surface area contributed by atoms with Crippen molar-refractivity contribution in [2.45, 2.75) is 19.3 Å². The number of hydrogen-bond acceptors (Lipinski definition) is 4. The number of benzene rings is 5. The summed E-state index contributed by atoms with van der Waals surface area (Å²) in [6.45, 7) is 4.31. The van der Waals surface area contributed by atoms with Crippen LogP contribution in [0.15, 0.2) is 158 Å². The Hall–Kier alpha value is -6.00. The van der Waals surface area contributed by atoms with Gasteiger partial charge in [0, 0.05) is 29.1 Å². The van der Waals surface area contributed by atoms with Gasteiger partial charge in [0.25, 0.3) is 0 Å². The number of aromatic nitrogens is 2. The summed E-state index contributed by atoms with van der Waals surface area (Å²) in [6, 6.07) is 49.7. The summed E-state index contributed by atoms with van der Waals surface area (Å²) >= 11 is 0. The third kappa shape index (κ3) is 4.95. The Labute approximate surface area is 275 Å². The fourth-order valence-corrected chi connectivity index (χ4v) is 7.00. The van der Waals surface area contributed by atoms with E-state index in [2.05, 4.69) is 104 Å². The zero-order valence-electron chi connectivity index (χ0n) is 26.2. The van der Waals surface area contributed by atoms with Crippen LogP contribution in [0.25, 0.3) is 22.4 Å². The number of rotatable bonds is 6. The minimum Gasteiger partial charge on any atom is -0.457 e. The molecule has 2 aromatic heterocycles. The summed E-state index contributed by atoms with van der Waals surface area (Å²) in [4.78, 5) is 9.63. The molecule has 226 valence electrons. The molecule has 47 heavy (non-hydrogen) atoms. The Balaban J connectivity index is 1.31. The molecule has 0 spiro atoms. The van der Waals surface area contributed by atoms with E-state index >= 15 is 0 Å². The second-order valence-electron chi connectivity index (χ2n) is 11.9. The lowest BCUT2D eigenvalue weighted by Crippen LogP contribution is -2.35. The van der Waals surface area contributed by atoms with Gasteiger partial charge in [-0.1, -0.05) is 78.9 Å². The first kappa shape index (κ1) is 28.5. The predicted molar refractivity (Wildman–Crippen MR) is 187 cm³/mol. The third-order valence-corrected chi connectivity index (χ3v) is 8.99. The number of nitrogens with zero attached hydrogens (tertiary/aromatic N) is 2. The van der Waals surface area contributed by atoms with Gasteiger partial charge in [-0.2, -0.15) is 0 Å². The van der Waals surface area contributed by atoms with Crippen LogP contribution < -0.4 is 9.47 Å². The minimum absolute atomic E-state index is 0.727. The molecule has 0 atom stereocenters. The van der Waals surface area contributed by atoms with Gasteiger partial charge in [0.2, 0.25) is 0 Å². The Morgan fingerprint density at radius 3 is 1.85 bits per heavy atom. The van der Waals surface area contributed by atoms with Crippen molar-refractivity contribution in [3.8, 4) is 45.4 Å². The highest BCUT2D eigenvalue weighted by atomic mass is 16.5. The number of fused-ring (bicyclic) bond motifs is 2. The van der Waals surface area contributed by atoms with E-state index in [-0.39, 0.29) is 0 Å². The monoisotopic (exact) mass is 608 g/mol. The topological polar surface area (TPSA) is 44.2 Å². The zero-order valence-corrected chi connectivity index (χ0v) is 26.2. The highest BCUT2D eigenvalue weighted by molar-refractivity contribution is 5.78. The van der Waals surface area contributed by atoms with Crippen molar-refractivity contribution in [3.05, 3.63) is 191 Å². The number of para-hydroxylation sites is 2. The molecule has 0 amide bonds. The van der Waals surface area contributed by atoms with Gasteiger partial charge >= 0.3 is 0 Å². The molecule has 4 heteroatoms. The Morgan fingerprint density at radius 1 is 0.532 bits per heavy atom. The average Bonchev–Trinajstić information content (AvgIpc) is 3.11. The molecule has 1 aliphatic rings. The number of pyridine rings is 2. The maximum absolute atomic E-state index is 6.79. The van der Waals surface area contributed by atoms with Crippen molar-refractivity contribution in [2.75, 3.05) is 0 Å². The molecule has 5 aromatic carbocycles. The van der Waals surface area contributed by atoms with Crippen LogP contribution in [0.1, 0.15) is 33.5 Å². The van der Waals surface area contributed by atoms with Gasteiger partial charge in [-0.25, -0.2) is 0 Å². The molecule has 0 fully saturated rings. The van der Waals surface area contributed by atoms with E-state index in [0.717, 1.165) is 62.2 Å². The van der Waals surface area contributed by atoms with E-state index in [1.807, 2.05) is 73.1 Å². The van der Waals surface area contributed by atoms with Gasteiger partial charge in [0.05, 0.1) is 16.8 Å². The first-order chi connectivity index (χ1) is 23.1. The van der Waals surface area contributed by atoms with Crippen molar-refractivity contribution < 1.29 is 9.47 Å². The normalized spacial score (nSPS) is 12.8. The molecule has 0 unspecified atom stereocenters. The van der Waals surface area contributed by atoms with Gasteiger partial charge in [-0.05, 0) is 108 Å². The Bertz CT molecular complexity index is 2160. The van der Waals surface area contributed by atoms with E-state index in [1.165, 1.54) is 16.7 Å². The van der Waals surface area contributed by atoms with Crippen LogP contribution in [0.5, 0.6) is 23.0 Å². The molecule has 7 aromatic rings. The highest BCUT2D eigenvalue weighted by Gasteiger charge is 2.46. The average molecular weight is 609 g/mol. The maximum atomic E-state index is 6.79. The molecule has 4 nitrogen and oxygen atoms in total. The molecule has 8 rings (SSSR count). The van der Waals surface area contributed by atoms with Gasteiger partial charge in [-0.15, -0.1) is 0 Å². The summed E-state index contributed by atoms with van der Waals surface area (Å²) in [7, 11) is 0. The molecule has 0 radical (unpaired) electrons. The fourth-order valence-electron chi connectivity index (χ4n) is 7.00. The minimum atomic E-state index is -0.731. The molecular formula is C43H32N2O2. The van der Waals surface area contributed by atoms with Crippen molar-refractivity contribution in [2.24, 2.45) is 0 Å². The fraction of sp³-hybridized carbons (Fsp3) is 0.0698. The van der Waals surface area contributed by atoms with Crippen molar-refractivity contribution >= 4 is 0 Å². The smallest absolute Gasteiger partial charge is 0.132 e. The quantitative estimate of drug-likeness (QED) is 0.188. The standard InChI is InChI=1S/C43H32N2O2/c1-29-13-11-14-30(2)42(29)32-25-31(38-19-7-9-23-44-38)26-35(27-32)46-34-16-12-15-33(28-34)43(41-22-8-10-24-45-41)36-17-3-5-20-39(36)47-40-21-6-4-18-37(40)43/h3-28H,1-2H3. The second-order valence-corrected chi connectivity index (χ2v) is 11.9. The summed E-state index contributed by atoms with van der Waals surface area (Å²) in [6.07, 6.45) is 3.68. The molecule has 1 aliphatic heterocycles. The van der Waals surface area contributed by atoms with Crippen molar-refractivity contribution in [1.82, 2.24) is 9.97 Å². The van der Waals surface area contributed by atoms with E-state index in [0.29, 0.717) is 0 Å². The van der Waals surface area contributed by atoms with E-state index < -0.39 is 5.41 Å². The molecule has 0 bridgehead atoms. The Kier molecular flexibility index (Phi) is 7.11. The van der Waals surface area contributed by atoms with E-state index in [4.69, 9.17) is 14.5 Å². The molecule has 0 N–H and O–H groups in total. The summed E-state index contributed by atoms with van der Waals surface area (Å²) in [5.41, 5.74) is 9.88. The molecule has 0 aliphatic carbocycles. The van der Waals surface area contributed by atoms with Crippen LogP contribution in [0.3, 0.4) is 0 Å². The van der Waals surface area contributed by atoms with Crippen LogP contribution in [0, 0.1) is 13.8 Å². The number of aryl methyl sites for hydroxylation is 2. The van der Waals surface area contributed by atoms with E-state index in [9.17, 15) is 0 Å². The lowest BCUT2D eigenvalue weighted by Gasteiger charge is -2.40. The van der Waals surface area contributed by atoms with Crippen LogP contribution in [0.4, 0.5) is 0 Å². The van der Waals surface area contributed by atoms with Crippen LogP contribution in [-0.4, -0.2) is 9.97 Å². The second kappa shape index (κ2) is 11.7. The van der Waals surface area contributed by atoms with E-state index in [1.54, 1.807) is 0 Å². The molecule has 3 heterocycles. The SMILES string of the molecule is Cc1cccc(C)c1-c1cc(Oc2cccc(C3(c4ccccn4)c4ccccc4Oc4ccccc43)c2)cc(-c2ccccn2)c1. The van der Waals surface area contributed by atoms with Gasteiger partial charge in [0.1, 0.15) is 23.0 Å². The summed E-state index contributed by atoms with van der Waals surface area (Å²) in [5, 5.41) is 0. The van der Waals surface area contributed by atoms with Gasteiger partial charge in [-0.3, -0.25) is 9.97 Å². The molecule has 0 saturated heterocycles. The molecule has 0 saturated carbocycles. The lowest BCUT2D eigenvalue weighted by atomic mass is 9.65. The van der Waals surface area contributed by atoms with Gasteiger partial charge in [0.15, 0.2) is 0 Å². The van der Waals surface area contributed by atoms with Crippen LogP contribution in [0.2, 0.25) is 0 Å². The van der Waals surface area contributed by atoms with Gasteiger partial charge < -0.3 is 9.47 Å². The molecular weight excluding hydrogens is 576 g/mol. The number of hydrogen-bond donors (Lipinski definition) is 0. The largest absolute Gasteiger partial charge is 0.457 e. The predicted octanol–water partition coefficient (Wildman–Crippen LogP) is 10.7. The summed E-state index contributed by atoms with van der Waals surface area (Å²) < 4.78 is 13.3. The number of ether oxygens (including phenoxy) is 2. The van der Waals surface area contributed by atoms with Crippen molar-refractivity contribution in [3.63, 3.8) is 0 Å². The van der Waals surface area contributed by atoms with Crippen LogP contribution >= 0.6 is 0 Å². The summed E-state index contributed by atoms with van der Waals surface area (Å²) in [5.74, 6) is 3.08. The maximum Gasteiger partial charge on any atom is 0.132 e. The van der Waals surface area contributed by atoms with Crippen LogP contribution in [-0.2, 0) is 5.41 Å².